The smallest absolute Gasteiger partial charge is 0.303 e. The average Bonchev–Trinajstić information content (AvgIpc) is 1.77. The molecule has 0 saturated heterocycles. The summed E-state index contributed by atoms with van der Waals surface area (Å²) in [6.45, 7) is 7.61. The predicted octanol–water partition coefficient (Wildman–Crippen LogP) is 2.49. The van der Waals surface area contributed by atoms with Crippen LogP contribution in [0.5, 0.6) is 0 Å². The van der Waals surface area contributed by atoms with Crippen molar-refractivity contribution in [2.45, 2.75) is 47.0 Å². The molecule has 0 aliphatic rings. The van der Waals surface area contributed by atoms with Gasteiger partial charge in [-0.05, 0) is 11.3 Å². The van der Waals surface area contributed by atoms with Crippen LogP contribution in [-0.4, -0.2) is 16.9 Å². The van der Waals surface area contributed by atoms with Crippen molar-refractivity contribution in [3.63, 3.8) is 0 Å². The Bertz CT molecular complexity index is 217. The van der Waals surface area contributed by atoms with E-state index < -0.39 is 11.4 Å². The van der Waals surface area contributed by atoms with E-state index in [1.165, 1.54) is 0 Å². The van der Waals surface area contributed by atoms with Gasteiger partial charge in [-0.25, -0.2) is 0 Å². The minimum atomic E-state index is -0.840. The zero-order valence-electron chi connectivity index (χ0n) is 9.46. The molecule has 0 rings (SSSR count). The van der Waals surface area contributed by atoms with E-state index in [1.54, 1.807) is 0 Å². The molecule has 14 heavy (non-hydrogen) atoms. The van der Waals surface area contributed by atoms with Crippen LogP contribution in [0.25, 0.3) is 0 Å². The van der Waals surface area contributed by atoms with Gasteiger partial charge in [0.15, 0.2) is 0 Å². The molecule has 1 N–H and O–H groups in total. The maximum atomic E-state index is 11.5. The Hall–Kier alpha value is -0.860. The number of hydrogen-bond acceptors (Lipinski definition) is 2. The van der Waals surface area contributed by atoms with E-state index in [4.69, 9.17) is 5.11 Å². The summed E-state index contributed by atoms with van der Waals surface area (Å²) in [6.07, 6.45) is 0.956. The highest BCUT2D eigenvalue weighted by atomic mass is 16.4. The number of Topliss-reactive ketones (excluding diaryl/α,β-unsaturated/α-hetero) is 1. The molecule has 3 heteroatoms. The normalized spacial score (nSPS) is 11.8. The largest absolute Gasteiger partial charge is 0.481 e. The molecule has 0 radical (unpaired) electrons. The van der Waals surface area contributed by atoms with Gasteiger partial charge in [0.2, 0.25) is 0 Å². The molecule has 0 aromatic heterocycles. The third kappa shape index (κ3) is 6.63. The highest BCUT2D eigenvalue weighted by Crippen LogP contribution is 2.26. The third-order valence-electron chi connectivity index (χ3n) is 1.94. The number of hydrogen-bond donors (Lipinski definition) is 1. The predicted molar refractivity (Wildman–Crippen MR) is 55.1 cm³/mol. The highest BCUT2D eigenvalue weighted by Gasteiger charge is 2.25. The van der Waals surface area contributed by atoms with E-state index in [9.17, 15) is 9.59 Å². The van der Waals surface area contributed by atoms with Gasteiger partial charge in [-0.15, -0.1) is 0 Å². The van der Waals surface area contributed by atoms with Crippen LogP contribution in [0.2, 0.25) is 0 Å². The standard InChI is InChI=1S/C11H20O3/c1-8(2)5-9(12)6-11(3,4)7-10(13)14/h8H,5-7H2,1-4H3,(H,13,14). The first-order chi connectivity index (χ1) is 6.23. The first-order valence-electron chi connectivity index (χ1n) is 4.96. The van der Waals surface area contributed by atoms with Crippen LogP contribution in [0.15, 0.2) is 0 Å². The number of carboxylic acids is 1. The lowest BCUT2D eigenvalue weighted by Crippen LogP contribution is -2.21. The highest BCUT2D eigenvalue weighted by molar-refractivity contribution is 5.80. The van der Waals surface area contributed by atoms with Gasteiger partial charge in [0, 0.05) is 12.8 Å². The maximum absolute atomic E-state index is 11.5. The van der Waals surface area contributed by atoms with Crippen LogP contribution in [0, 0.1) is 11.3 Å². The second-order valence-corrected chi connectivity index (χ2v) is 5.05. The number of rotatable bonds is 6. The molecule has 0 heterocycles. The van der Waals surface area contributed by atoms with Crippen molar-refractivity contribution >= 4 is 11.8 Å². The van der Waals surface area contributed by atoms with Gasteiger partial charge < -0.3 is 5.11 Å². The monoisotopic (exact) mass is 200 g/mol. The minimum Gasteiger partial charge on any atom is -0.481 e. The summed E-state index contributed by atoms with van der Waals surface area (Å²) in [4.78, 5) is 22.0. The Kier molecular flexibility index (Phi) is 4.81. The summed E-state index contributed by atoms with van der Waals surface area (Å²) < 4.78 is 0. The molecule has 0 amide bonds. The Morgan fingerprint density at radius 2 is 1.71 bits per heavy atom. The van der Waals surface area contributed by atoms with Gasteiger partial charge >= 0.3 is 5.97 Å². The molecule has 0 aromatic carbocycles. The van der Waals surface area contributed by atoms with E-state index in [0.717, 1.165) is 0 Å². The molecule has 0 aliphatic carbocycles. The molecular formula is C11H20O3. The van der Waals surface area contributed by atoms with Crippen molar-refractivity contribution in [2.75, 3.05) is 0 Å². The quantitative estimate of drug-likeness (QED) is 0.716. The molecule has 0 bridgehead atoms. The lowest BCUT2D eigenvalue weighted by atomic mass is 9.82. The van der Waals surface area contributed by atoms with E-state index in [0.29, 0.717) is 18.8 Å². The van der Waals surface area contributed by atoms with E-state index in [-0.39, 0.29) is 12.2 Å². The van der Waals surface area contributed by atoms with E-state index in [1.807, 2.05) is 27.7 Å². The SMILES string of the molecule is CC(C)CC(=O)CC(C)(C)CC(=O)O. The van der Waals surface area contributed by atoms with E-state index in [2.05, 4.69) is 0 Å². The van der Waals surface area contributed by atoms with Gasteiger partial charge in [0.25, 0.3) is 0 Å². The Morgan fingerprint density at radius 1 is 1.21 bits per heavy atom. The fourth-order valence-electron chi connectivity index (χ4n) is 1.53. The minimum absolute atomic E-state index is 0.0524. The van der Waals surface area contributed by atoms with Gasteiger partial charge in [-0.3, -0.25) is 9.59 Å². The average molecular weight is 200 g/mol. The Labute approximate surface area is 85.5 Å². The molecule has 0 spiro atoms. The second kappa shape index (κ2) is 5.13. The molecular weight excluding hydrogens is 180 g/mol. The van der Waals surface area contributed by atoms with E-state index >= 15 is 0 Å². The molecule has 0 aromatic rings. The number of ketones is 1. The summed E-state index contributed by atoms with van der Waals surface area (Å²) >= 11 is 0. The second-order valence-electron chi connectivity index (χ2n) is 5.05. The van der Waals surface area contributed by atoms with Crippen LogP contribution in [-0.2, 0) is 9.59 Å². The number of aliphatic carboxylic acids is 1. The molecule has 3 nitrogen and oxygen atoms in total. The summed E-state index contributed by atoms with van der Waals surface area (Å²) in [5.41, 5.74) is -0.419. The lowest BCUT2D eigenvalue weighted by molar-refractivity contribution is -0.139. The van der Waals surface area contributed by atoms with Crippen molar-refractivity contribution in [1.82, 2.24) is 0 Å². The van der Waals surface area contributed by atoms with Gasteiger partial charge in [-0.2, -0.15) is 0 Å². The van der Waals surface area contributed by atoms with Gasteiger partial charge in [0.05, 0.1) is 6.42 Å². The molecule has 0 unspecified atom stereocenters. The van der Waals surface area contributed by atoms with Crippen molar-refractivity contribution < 1.29 is 14.7 Å². The van der Waals surface area contributed by atoms with Crippen LogP contribution in [0.1, 0.15) is 47.0 Å². The van der Waals surface area contributed by atoms with Crippen LogP contribution in [0.4, 0.5) is 0 Å². The molecule has 0 fully saturated rings. The van der Waals surface area contributed by atoms with Crippen molar-refractivity contribution in [2.24, 2.45) is 11.3 Å². The third-order valence-corrected chi connectivity index (χ3v) is 1.94. The van der Waals surface area contributed by atoms with Crippen molar-refractivity contribution in [1.29, 1.82) is 0 Å². The zero-order valence-corrected chi connectivity index (χ0v) is 9.46. The summed E-state index contributed by atoms with van der Waals surface area (Å²) in [5.74, 6) is -0.332. The van der Waals surface area contributed by atoms with Crippen LogP contribution >= 0.6 is 0 Å². The molecule has 0 saturated carbocycles. The fraction of sp³-hybridized carbons (Fsp3) is 0.818. The fourth-order valence-corrected chi connectivity index (χ4v) is 1.53. The maximum Gasteiger partial charge on any atom is 0.303 e. The molecule has 0 atom stereocenters. The van der Waals surface area contributed by atoms with Gasteiger partial charge in [-0.1, -0.05) is 27.7 Å². The first-order valence-corrected chi connectivity index (χ1v) is 4.96. The Balaban J connectivity index is 4.08. The molecule has 0 aliphatic heterocycles. The summed E-state index contributed by atoms with van der Waals surface area (Å²) in [7, 11) is 0. The number of carbonyl (C=O) groups is 2. The molecule has 82 valence electrons. The van der Waals surface area contributed by atoms with Crippen LogP contribution < -0.4 is 0 Å². The summed E-state index contributed by atoms with van der Waals surface area (Å²) in [6, 6.07) is 0. The Morgan fingerprint density at radius 3 is 2.07 bits per heavy atom. The van der Waals surface area contributed by atoms with Crippen molar-refractivity contribution in [3.8, 4) is 0 Å². The lowest BCUT2D eigenvalue weighted by Gasteiger charge is -2.21. The number of carbonyl (C=O) groups excluding carboxylic acids is 1. The topological polar surface area (TPSA) is 54.4 Å². The van der Waals surface area contributed by atoms with Gasteiger partial charge in [0.1, 0.15) is 5.78 Å². The summed E-state index contributed by atoms with van der Waals surface area (Å²) in [5, 5.41) is 8.63. The zero-order chi connectivity index (χ0) is 11.4. The number of carboxylic acid groups (broad SMARTS) is 1. The van der Waals surface area contributed by atoms with Crippen molar-refractivity contribution in [3.05, 3.63) is 0 Å². The van der Waals surface area contributed by atoms with Crippen LogP contribution in [0.3, 0.4) is 0 Å². The first kappa shape index (κ1) is 13.1.